The van der Waals surface area contributed by atoms with Crippen LogP contribution in [0.2, 0.25) is 0 Å². The quantitative estimate of drug-likeness (QED) is 0.751. The summed E-state index contributed by atoms with van der Waals surface area (Å²) in [7, 11) is -3.74. The predicted molar refractivity (Wildman–Crippen MR) is 103 cm³/mol. The number of sulfonamides is 1. The summed E-state index contributed by atoms with van der Waals surface area (Å²) in [5.74, 6) is 0.186. The molecule has 2 heterocycles. The smallest absolute Gasteiger partial charge is 0.285 e. The summed E-state index contributed by atoms with van der Waals surface area (Å²) in [5, 5.41) is 4.17. The number of morpholine rings is 1. The predicted octanol–water partition coefficient (Wildman–Crippen LogP) is 1.86. The van der Waals surface area contributed by atoms with E-state index < -0.39 is 15.9 Å². The molecule has 2 aromatic rings. The maximum absolute atomic E-state index is 13.0. The second kappa shape index (κ2) is 8.02. The highest BCUT2D eigenvalue weighted by Crippen LogP contribution is 2.24. The molecule has 1 aliphatic rings. The van der Waals surface area contributed by atoms with Crippen LogP contribution in [0.25, 0.3) is 0 Å². The van der Waals surface area contributed by atoms with E-state index in [0.29, 0.717) is 30.4 Å². The average Bonchev–Trinajstić information content (AvgIpc) is 2.96. The monoisotopic (exact) mass is 407 g/mol. The van der Waals surface area contributed by atoms with Crippen molar-refractivity contribution >= 4 is 15.9 Å². The van der Waals surface area contributed by atoms with E-state index in [2.05, 4.69) is 5.10 Å². The third-order valence-corrected chi connectivity index (χ3v) is 6.86. The van der Waals surface area contributed by atoms with Gasteiger partial charge in [-0.1, -0.05) is 17.7 Å². The van der Waals surface area contributed by atoms with Crippen molar-refractivity contribution in [2.75, 3.05) is 32.9 Å². The molecule has 0 N–H and O–H groups in total. The van der Waals surface area contributed by atoms with Gasteiger partial charge >= 0.3 is 0 Å². The molecule has 152 valence electrons. The minimum absolute atomic E-state index is 0.0780. The first kappa shape index (κ1) is 20.5. The fraction of sp³-hybridized carbons (Fsp3) is 0.474. The fourth-order valence-electron chi connectivity index (χ4n) is 3.32. The number of ether oxygens (including phenoxy) is 2. The molecule has 1 aromatic heterocycles. The van der Waals surface area contributed by atoms with Crippen molar-refractivity contribution in [3.8, 4) is 5.75 Å². The molecule has 8 nitrogen and oxygen atoms in total. The molecular weight excluding hydrogens is 382 g/mol. The molecular formula is C19H25N3O5S. The summed E-state index contributed by atoms with van der Waals surface area (Å²) in [4.78, 5) is 12.7. The Bertz CT molecular complexity index is 991. The molecule has 0 spiro atoms. The van der Waals surface area contributed by atoms with Crippen LogP contribution in [-0.4, -0.2) is 61.3 Å². The Morgan fingerprint density at radius 1 is 1.18 bits per heavy atom. The summed E-state index contributed by atoms with van der Waals surface area (Å²) in [6, 6.07) is 5.69. The lowest BCUT2D eigenvalue weighted by Crippen LogP contribution is -2.41. The number of hydrogen-bond donors (Lipinski definition) is 0. The highest BCUT2D eigenvalue weighted by Gasteiger charge is 2.33. The van der Waals surface area contributed by atoms with Crippen LogP contribution in [0.5, 0.6) is 5.75 Å². The van der Waals surface area contributed by atoms with Crippen LogP contribution < -0.4 is 4.74 Å². The number of hydrogen-bond acceptors (Lipinski definition) is 6. The highest BCUT2D eigenvalue weighted by atomic mass is 32.2. The van der Waals surface area contributed by atoms with Gasteiger partial charge in [0.2, 0.25) is 10.0 Å². The second-order valence-electron chi connectivity index (χ2n) is 6.88. The van der Waals surface area contributed by atoms with Crippen molar-refractivity contribution in [2.45, 2.75) is 32.6 Å². The molecule has 0 radical (unpaired) electrons. The van der Waals surface area contributed by atoms with Gasteiger partial charge in [0.1, 0.15) is 10.6 Å². The molecule has 0 saturated carbocycles. The number of nitrogens with zero attached hydrogens (tertiary/aromatic N) is 3. The van der Waals surface area contributed by atoms with Crippen LogP contribution >= 0.6 is 0 Å². The first-order valence-electron chi connectivity index (χ1n) is 9.09. The summed E-state index contributed by atoms with van der Waals surface area (Å²) in [6.45, 7) is 8.12. The van der Waals surface area contributed by atoms with Crippen molar-refractivity contribution in [1.29, 1.82) is 0 Å². The Kier molecular flexibility index (Phi) is 5.87. The molecule has 3 rings (SSSR count). The summed E-state index contributed by atoms with van der Waals surface area (Å²) >= 11 is 0. The Balaban J connectivity index is 1.81. The normalized spacial score (nSPS) is 15.6. The van der Waals surface area contributed by atoms with Gasteiger partial charge in [-0.3, -0.25) is 4.79 Å². The molecule has 0 aliphatic carbocycles. The van der Waals surface area contributed by atoms with Crippen LogP contribution in [0.3, 0.4) is 0 Å². The second-order valence-corrected chi connectivity index (χ2v) is 8.75. The lowest BCUT2D eigenvalue weighted by molar-refractivity contribution is 0.0729. The zero-order chi connectivity index (χ0) is 20.5. The van der Waals surface area contributed by atoms with E-state index in [1.54, 1.807) is 13.8 Å². The SMILES string of the molecule is Cc1ccc(OCC(=O)n2nc(C)c(S(=O)(=O)N3CCOCC3)c2C)c(C)c1. The van der Waals surface area contributed by atoms with Crippen LogP contribution in [-0.2, 0) is 14.8 Å². The van der Waals surface area contributed by atoms with E-state index in [1.165, 1.54) is 4.31 Å². The number of aryl methyl sites for hydroxylation is 3. The van der Waals surface area contributed by atoms with Crippen LogP contribution in [0.4, 0.5) is 0 Å². The molecule has 0 unspecified atom stereocenters. The molecule has 0 bridgehead atoms. The number of rotatable bonds is 5. The fourth-order valence-corrected chi connectivity index (χ4v) is 5.08. The zero-order valence-corrected chi connectivity index (χ0v) is 17.4. The minimum Gasteiger partial charge on any atom is -0.483 e. The lowest BCUT2D eigenvalue weighted by Gasteiger charge is -2.26. The van der Waals surface area contributed by atoms with Crippen LogP contribution in [0.1, 0.15) is 27.3 Å². The maximum Gasteiger partial charge on any atom is 0.285 e. The maximum atomic E-state index is 13.0. The van der Waals surface area contributed by atoms with Gasteiger partial charge < -0.3 is 9.47 Å². The van der Waals surface area contributed by atoms with Crippen molar-refractivity contribution in [2.24, 2.45) is 0 Å². The van der Waals surface area contributed by atoms with Gasteiger partial charge in [0.05, 0.1) is 24.6 Å². The summed E-state index contributed by atoms with van der Waals surface area (Å²) in [6.07, 6.45) is 0. The Hall–Kier alpha value is -2.23. The minimum atomic E-state index is -3.74. The molecule has 0 amide bonds. The highest BCUT2D eigenvalue weighted by molar-refractivity contribution is 7.89. The van der Waals surface area contributed by atoms with Gasteiger partial charge in [-0.15, -0.1) is 0 Å². The Labute approximate surface area is 165 Å². The molecule has 1 aromatic carbocycles. The van der Waals surface area contributed by atoms with E-state index in [0.717, 1.165) is 15.8 Å². The van der Waals surface area contributed by atoms with Crippen molar-refractivity contribution in [3.63, 3.8) is 0 Å². The summed E-state index contributed by atoms with van der Waals surface area (Å²) < 4.78 is 39.3. The van der Waals surface area contributed by atoms with Gasteiger partial charge in [-0.2, -0.15) is 9.40 Å². The largest absolute Gasteiger partial charge is 0.483 e. The van der Waals surface area contributed by atoms with Crippen molar-refractivity contribution < 1.29 is 22.7 Å². The topological polar surface area (TPSA) is 90.7 Å². The third kappa shape index (κ3) is 3.96. The van der Waals surface area contributed by atoms with E-state index in [-0.39, 0.29) is 24.6 Å². The number of carbonyl (C=O) groups excluding carboxylic acids is 1. The first-order valence-corrected chi connectivity index (χ1v) is 10.5. The van der Waals surface area contributed by atoms with Gasteiger partial charge in [-0.25, -0.2) is 13.1 Å². The van der Waals surface area contributed by atoms with E-state index in [4.69, 9.17) is 9.47 Å². The van der Waals surface area contributed by atoms with Gasteiger partial charge in [-0.05, 0) is 39.3 Å². The van der Waals surface area contributed by atoms with Crippen LogP contribution in [0.15, 0.2) is 23.1 Å². The third-order valence-electron chi connectivity index (χ3n) is 4.71. The number of benzene rings is 1. The van der Waals surface area contributed by atoms with E-state index >= 15 is 0 Å². The Morgan fingerprint density at radius 2 is 1.86 bits per heavy atom. The van der Waals surface area contributed by atoms with Gasteiger partial charge in [0, 0.05) is 13.1 Å². The van der Waals surface area contributed by atoms with E-state index in [1.807, 2.05) is 32.0 Å². The van der Waals surface area contributed by atoms with Gasteiger partial charge in [0.25, 0.3) is 5.91 Å². The van der Waals surface area contributed by atoms with Crippen LogP contribution in [0, 0.1) is 27.7 Å². The van der Waals surface area contributed by atoms with Crippen molar-refractivity contribution in [1.82, 2.24) is 14.1 Å². The average molecular weight is 407 g/mol. The standard InChI is InChI=1S/C19H25N3O5S/c1-13-5-6-17(14(2)11-13)27-12-18(23)22-16(4)19(15(3)20-22)28(24,25)21-7-9-26-10-8-21/h5-6,11H,7-10,12H2,1-4H3. The first-order chi connectivity index (χ1) is 13.2. The number of carbonyl (C=O) groups is 1. The molecule has 28 heavy (non-hydrogen) atoms. The zero-order valence-electron chi connectivity index (χ0n) is 16.6. The van der Waals surface area contributed by atoms with Gasteiger partial charge in [0.15, 0.2) is 6.61 Å². The molecule has 1 aliphatic heterocycles. The molecule has 1 saturated heterocycles. The van der Waals surface area contributed by atoms with E-state index in [9.17, 15) is 13.2 Å². The Morgan fingerprint density at radius 3 is 2.50 bits per heavy atom. The molecule has 0 atom stereocenters. The lowest BCUT2D eigenvalue weighted by atomic mass is 10.1. The summed E-state index contributed by atoms with van der Waals surface area (Å²) in [5.41, 5.74) is 2.62. The van der Waals surface area contributed by atoms with Crippen molar-refractivity contribution in [3.05, 3.63) is 40.7 Å². The number of aromatic nitrogens is 2. The molecule has 1 fully saturated rings. The molecule has 9 heteroatoms.